The summed E-state index contributed by atoms with van der Waals surface area (Å²) in [5.74, 6) is -1.10. The Bertz CT molecular complexity index is 972. The Hall–Kier alpha value is -2.83. The van der Waals surface area contributed by atoms with Crippen molar-refractivity contribution in [3.8, 4) is 5.75 Å². The van der Waals surface area contributed by atoms with Gasteiger partial charge < -0.3 is 19.6 Å². The first-order chi connectivity index (χ1) is 14.3. The quantitative estimate of drug-likeness (QED) is 0.413. The molecule has 1 heterocycles. The number of Topliss-reactive ketones (excluding diaryl/α,β-unsaturated/α-hetero) is 1. The highest BCUT2D eigenvalue weighted by atomic mass is 35.5. The second-order valence-corrected chi connectivity index (χ2v) is 7.82. The van der Waals surface area contributed by atoms with Crippen molar-refractivity contribution in [2.75, 3.05) is 34.3 Å². The third kappa shape index (κ3) is 4.35. The third-order valence-corrected chi connectivity index (χ3v) is 5.38. The minimum atomic E-state index is -0.696. The van der Waals surface area contributed by atoms with Crippen LogP contribution in [-0.4, -0.2) is 60.9 Å². The molecule has 1 saturated heterocycles. The Morgan fingerprint density at radius 3 is 2.47 bits per heavy atom. The summed E-state index contributed by atoms with van der Waals surface area (Å²) in [5.41, 5.74) is 1.19. The molecule has 1 fully saturated rings. The van der Waals surface area contributed by atoms with Crippen LogP contribution < -0.4 is 4.74 Å². The van der Waals surface area contributed by atoms with Gasteiger partial charge in [-0.25, -0.2) is 0 Å². The van der Waals surface area contributed by atoms with E-state index in [1.165, 1.54) is 18.1 Å². The first kappa shape index (κ1) is 21.9. The number of aliphatic hydroxyl groups is 1. The first-order valence-electron chi connectivity index (χ1n) is 9.67. The summed E-state index contributed by atoms with van der Waals surface area (Å²) in [5, 5.41) is 11.3. The molecule has 1 atom stereocenters. The van der Waals surface area contributed by atoms with Gasteiger partial charge in [-0.3, -0.25) is 9.59 Å². The van der Waals surface area contributed by atoms with E-state index in [1.807, 2.05) is 49.3 Å². The zero-order chi connectivity index (χ0) is 21.8. The van der Waals surface area contributed by atoms with E-state index < -0.39 is 17.7 Å². The van der Waals surface area contributed by atoms with Crippen molar-refractivity contribution in [1.82, 2.24) is 9.80 Å². The lowest BCUT2D eigenvalue weighted by Crippen LogP contribution is -2.32. The van der Waals surface area contributed by atoms with E-state index in [1.54, 1.807) is 12.1 Å². The minimum absolute atomic E-state index is 0.0669. The summed E-state index contributed by atoms with van der Waals surface area (Å²) in [6.45, 7) is 1.18. The molecule has 0 spiro atoms. The topological polar surface area (TPSA) is 70.1 Å². The summed E-state index contributed by atoms with van der Waals surface area (Å²) >= 11 is 6.20. The average Bonchev–Trinajstić information content (AvgIpc) is 2.98. The Labute approximate surface area is 181 Å². The van der Waals surface area contributed by atoms with Crippen LogP contribution in [0.3, 0.4) is 0 Å². The maximum Gasteiger partial charge on any atom is 0.295 e. The van der Waals surface area contributed by atoms with Crippen LogP contribution in [0.15, 0.2) is 54.1 Å². The number of benzene rings is 2. The van der Waals surface area contributed by atoms with Gasteiger partial charge in [0.1, 0.15) is 11.5 Å². The molecule has 1 aliphatic rings. The van der Waals surface area contributed by atoms with Gasteiger partial charge in [-0.05, 0) is 50.8 Å². The van der Waals surface area contributed by atoms with E-state index in [9.17, 15) is 14.7 Å². The lowest BCUT2D eigenvalue weighted by Gasteiger charge is -2.26. The molecular formula is C23H25ClN2O4. The van der Waals surface area contributed by atoms with Gasteiger partial charge in [-0.2, -0.15) is 0 Å². The lowest BCUT2D eigenvalue weighted by molar-refractivity contribution is -0.139. The second kappa shape index (κ2) is 9.32. The molecule has 1 aliphatic heterocycles. The number of carbonyl (C=O) groups excluding carboxylic acids is 2. The number of methoxy groups -OCH3 is 1. The van der Waals surface area contributed by atoms with Crippen LogP contribution in [0.4, 0.5) is 0 Å². The number of rotatable bonds is 7. The standard InChI is InChI=1S/C23H25ClN2O4/c1-25(2)12-7-13-26-20(15-8-5-4-6-9-15)19(22(28)23(26)29)21(27)16-10-11-18(30-3)17(24)14-16/h4-6,8-11,14,20,27H,7,12-13H2,1-3H3/t20-/m1/s1. The van der Waals surface area contributed by atoms with Crippen LogP contribution in [-0.2, 0) is 9.59 Å². The Morgan fingerprint density at radius 2 is 1.87 bits per heavy atom. The van der Waals surface area contributed by atoms with Gasteiger partial charge in [0.25, 0.3) is 11.7 Å². The van der Waals surface area contributed by atoms with Gasteiger partial charge in [0, 0.05) is 12.1 Å². The van der Waals surface area contributed by atoms with Crippen molar-refractivity contribution >= 4 is 29.1 Å². The van der Waals surface area contributed by atoms with E-state index in [0.29, 0.717) is 29.3 Å². The Kier molecular flexibility index (Phi) is 6.80. The number of likely N-dealkylation sites (tertiary alicyclic amines) is 1. The minimum Gasteiger partial charge on any atom is -0.507 e. The fourth-order valence-electron chi connectivity index (χ4n) is 3.62. The molecular weight excluding hydrogens is 404 g/mol. The highest BCUT2D eigenvalue weighted by Gasteiger charge is 2.45. The van der Waals surface area contributed by atoms with Gasteiger partial charge in [0.15, 0.2) is 0 Å². The van der Waals surface area contributed by atoms with Gasteiger partial charge >= 0.3 is 0 Å². The maximum absolute atomic E-state index is 12.9. The molecule has 0 unspecified atom stereocenters. The molecule has 1 amide bonds. The predicted octanol–water partition coefficient (Wildman–Crippen LogP) is 3.72. The van der Waals surface area contributed by atoms with E-state index >= 15 is 0 Å². The predicted molar refractivity (Wildman–Crippen MR) is 117 cm³/mol. The van der Waals surface area contributed by atoms with Crippen molar-refractivity contribution in [3.63, 3.8) is 0 Å². The van der Waals surface area contributed by atoms with Crippen LogP contribution >= 0.6 is 11.6 Å². The summed E-state index contributed by atoms with van der Waals surface area (Å²) in [4.78, 5) is 29.4. The molecule has 158 valence electrons. The van der Waals surface area contributed by atoms with Crippen LogP contribution in [0.25, 0.3) is 5.76 Å². The molecule has 0 radical (unpaired) electrons. The maximum atomic E-state index is 12.9. The molecule has 0 aromatic heterocycles. The number of ether oxygens (including phenoxy) is 1. The monoisotopic (exact) mass is 428 g/mol. The number of hydrogen-bond acceptors (Lipinski definition) is 5. The van der Waals surface area contributed by atoms with Crippen LogP contribution in [0, 0.1) is 0 Å². The number of amides is 1. The van der Waals surface area contributed by atoms with Crippen molar-refractivity contribution < 1.29 is 19.4 Å². The largest absolute Gasteiger partial charge is 0.507 e. The smallest absolute Gasteiger partial charge is 0.295 e. The molecule has 30 heavy (non-hydrogen) atoms. The summed E-state index contributed by atoms with van der Waals surface area (Å²) in [6.07, 6.45) is 0.706. The fraction of sp³-hybridized carbons (Fsp3) is 0.304. The number of carbonyl (C=O) groups is 2. The van der Waals surface area contributed by atoms with Gasteiger partial charge in [-0.1, -0.05) is 41.9 Å². The molecule has 2 aromatic carbocycles. The van der Waals surface area contributed by atoms with Crippen molar-refractivity contribution in [2.24, 2.45) is 0 Å². The van der Waals surface area contributed by atoms with E-state index in [2.05, 4.69) is 0 Å². The number of halogens is 1. The van der Waals surface area contributed by atoms with Crippen molar-refractivity contribution in [2.45, 2.75) is 12.5 Å². The summed E-state index contributed by atoms with van der Waals surface area (Å²) in [7, 11) is 5.40. The highest BCUT2D eigenvalue weighted by molar-refractivity contribution is 6.46. The Morgan fingerprint density at radius 1 is 1.17 bits per heavy atom. The molecule has 0 saturated carbocycles. The fourth-order valence-corrected chi connectivity index (χ4v) is 3.88. The van der Waals surface area contributed by atoms with Crippen LogP contribution in [0.5, 0.6) is 5.75 Å². The zero-order valence-electron chi connectivity index (χ0n) is 17.3. The van der Waals surface area contributed by atoms with Gasteiger partial charge in [-0.15, -0.1) is 0 Å². The highest BCUT2D eigenvalue weighted by Crippen LogP contribution is 2.40. The van der Waals surface area contributed by atoms with Crippen molar-refractivity contribution in [1.29, 1.82) is 0 Å². The van der Waals surface area contributed by atoms with Gasteiger partial charge in [0.05, 0.1) is 23.7 Å². The number of nitrogens with zero attached hydrogens (tertiary/aromatic N) is 2. The van der Waals surface area contributed by atoms with Crippen LogP contribution in [0.2, 0.25) is 5.02 Å². The van der Waals surface area contributed by atoms with Crippen molar-refractivity contribution in [3.05, 3.63) is 70.3 Å². The zero-order valence-corrected chi connectivity index (χ0v) is 18.0. The molecule has 0 aliphatic carbocycles. The normalized spacial score (nSPS) is 18.3. The summed E-state index contributed by atoms with van der Waals surface area (Å²) in [6, 6.07) is 13.4. The molecule has 3 rings (SSSR count). The molecule has 7 heteroatoms. The molecule has 1 N–H and O–H groups in total. The number of aliphatic hydroxyl groups excluding tert-OH is 1. The third-order valence-electron chi connectivity index (χ3n) is 5.08. The Balaban J connectivity index is 2.08. The van der Waals surface area contributed by atoms with E-state index in [-0.39, 0.29) is 11.3 Å². The first-order valence-corrected chi connectivity index (χ1v) is 10.0. The van der Waals surface area contributed by atoms with E-state index in [4.69, 9.17) is 16.3 Å². The SMILES string of the molecule is COc1ccc(C(O)=C2C(=O)C(=O)N(CCCN(C)C)[C@@H]2c2ccccc2)cc1Cl. The molecule has 0 bridgehead atoms. The lowest BCUT2D eigenvalue weighted by atomic mass is 9.95. The number of hydrogen-bond donors (Lipinski definition) is 1. The van der Waals surface area contributed by atoms with E-state index in [0.717, 1.165) is 12.1 Å². The van der Waals surface area contributed by atoms with Gasteiger partial charge in [0.2, 0.25) is 0 Å². The molecule has 2 aromatic rings. The van der Waals surface area contributed by atoms with Crippen LogP contribution in [0.1, 0.15) is 23.6 Å². The molecule has 6 nitrogen and oxygen atoms in total. The second-order valence-electron chi connectivity index (χ2n) is 7.41. The summed E-state index contributed by atoms with van der Waals surface area (Å²) < 4.78 is 5.15. The number of ketones is 1. The average molecular weight is 429 g/mol.